The molecule has 2 rings (SSSR count). The number of amides is 1. The van der Waals surface area contributed by atoms with E-state index in [1.807, 2.05) is 55.5 Å². The molecule has 0 saturated carbocycles. The molecule has 0 radical (unpaired) electrons. The average Bonchev–Trinajstić information content (AvgIpc) is 2.41. The lowest BCUT2D eigenvalue weighted by atomic mass is 10.1. The lowest BCUT2D eigenvalue weighted by Gasteiger charge is -2.07. The molecule has 2 aromatic rings. The second kappa shape index (κ2) is 6.53. The predicted octanol–water partition coefficient (Wildman–Crippen LogP) is 4.07. The summed E-state index contributed by atoms with van der Waals surface area (Å²) in [5.74, 6) is 0.00979. The van der Waals surface area contributed by atoms with Crippen molar-refractivity contribution >= 4 is 27.5 Å². The molecule has 98 valence electrons. The maximum Gasteiger partial charge on any atom is 0.228 e. The van der Waals surface area contributed by atoms with Crippen LogP contribution in [0.3, 0.4) is 0 Å². The average molecular weight is 318 g/mol. The van der Waals surface area contributed by atoms with Gasteiger partial charge in [-0.3, -0.25) is 4.79 Å². The highest BCUT2D eigenvalue weighted by Gasteiger charge is 2.04. The van der Waals surface area contributed by atoms with E-state index in [1.54, 1.807) is 0 Å². The summed E-state index contributed by atoms with van der Waals surface area (Å²) in [5, 5.41) is 3.71. The summed E-state index contributed by atoms with van der Waals surface area (Å²) in [6.45, 7) is 2.04. The van der Waals surface area contributed by atoms with E-state index < -0.39 is 0 Å². The van der Waals surface area contributed by atoms with Crippen molar-refractivity contribution in [3.63, 3.8) is 0 Å². The Labute approximate surface area is 122 Å². The summed E-state index contributed by atoms with van der Waals surface area (Å²) in [6.07, 6.45) is 0.402. The summed E-state index contributed by atoms with van der Waals surface area (Å²) >= 11 is 3.41. The molecule has 0 aliphatic rings. The fourth-order valence-corrected chi connectivity index (χ4v) is 2.18. The maximum atomic E-state index is 11.9. The molecule has 0 fully saturated rings. The first kappa shape index (κ1) is 13.8. The lowest BCUT2D eigenvalue weighted by Crippen LogP contribution is -2.14. The molecule has 0 aromatic heterocycles. The molecule has 0 saturated heterocycles. The van der Waals surface area contributed by atoms with Crippen molar-refractivity contribution in [1.29, 1.82) is 0 Å². The van der Waals surface area contributed by atoms with Crippen molar-refractivity contribution in [3.8, 4) is 0 Å². The summed E-state index contributed by atoms with van der Waals surface area (Å²) in [4.78, 5) is 11.9. The van der Waals surface area contributed by atoms with Gasteiger partial charge in [-0.25, -0.2) is 0 Å². The van der Waals surface area contributed by atoms with E-state index >= 15 is 0 Å². The van der Waals surface area contributed by atoms with Crippen LogP contribution in [0, 0.1) is 6.92 Å². The SMILES string of the molecule is Cc1ccc(CC(=O)Nc2cccc(CBr)c2)cc1. The van der Waals surface area contributed by atoms with E-state index in [1.165, 1.54) is 5.56 Å². The summed E-state index contributed by atoms with van der Waals surface area (Å²) < 4.78 is 0. The van der Waals surface area contributed by atoms with Crippen molar-refractivity contribution in [3.05, 3.63) is 65.2 Å². The minimum absolute atomic E-state index is 0.00979. The smallest absolute Gasteiger partial charge is 0.228 e. The highest BCUT2D eigenvalue weighted by atomic mass is 79.9. The van der Waals surface area contributed by atoms with E-state index in [0.717, 1.165) is 22.1 Å². The molecule has 3 heteroatoms. The number of carbonyl (C=O) groups excluding carboxylic acids is 1. The summed E-state index contributed by atoms with van der Waals surface area (Å²) in [6, 6.07) is 15.9. The molecule has 0 heterocycles. The number of carbonyl (C=O) groups is 1. The molecule has 0 aliphatic carbocycles. The standard InChI is InChI=1S/C16H16BrNO/c1-12-5-7-13(8-6-12)10-16(19)18-15-4-2-3-14(9-15)11-17/h2-9H,10-11H2,1H3,(H,18,19). The quantitative estimate of drug-likeness (QED) is 0.846. The highest BCUT2D eigenvalue weighted by molar-refractivity contribution is 9.08. The Bertz CT molecular complexity index is 563. The van der Waals surface area contributed by atoms with Crippen LogP contribution < -0.4 is 5.32 Å². The molecule has 0 aliphatic heterocycles. The number of rotatable bonds is 4. The van der Waals surface area contributed by atoms with E-state index in [-0.39, 0.29) is 5.91 Å². The fraction of sp³-hybridized carbons (Fsp3) is 0.188. The molecular formula is C16H16BrNO. The molecular weight excluding hydrogens is 302 g/mol. The van der Waals surface area contributed by atoms with Gasteiger partial charge in [-0.1, -0.05) is 57.9 Å². The third kappa shape index (κ3) is 4.21. The lowest BCUT2D eigenvalue weighted by molar-refractivity contribution is -0.115. The van der Waals surface area contributed by atoms with Crippen molar-refractivity contribution in [2.24, 2.45) is 0 Å². The van der Waals surface area contributed by atoms with Gasteiger partial charge in [0.25, 0.3) is 0 Å². The second-order valence-corrected chi connectivity index (χ2v) is 5.11. The Hall–Kier alpha value is -1.61. The summed E-state index contributed by atoms with van der Waals surface area (Å²) in [7, 11) is 0. The minimum Gasteiger partial charge on any atom is -0.326 e. The largest absolute Gasteiger partial charge is 0.326 e. The number of hydrogen-bond donors (Lipinski definition) is 1. The van der Waals surface area contributed by atoms with E-state index in [9.17, 15) is 4.79 Å². The van der Waals surface area contributed by atoms with Gasteiger partial charge in [0, 0.05) is 11.0 Å². The van der Waals surface area contributed by atoms with Gasteiger partial charge in [-0.15, -0.1) is 0 Å². The van der Waals surface area contributed by atoms with Gasteiger partial charge in [0.2, 0.25) is 5.91 Å². The van der Waals surface area contributed by atoms with Crippen LogP contribution in [-0.4, -0.2) is 5.91 Å². The number of nitrogens with one attached hydrogen (secondary N) is 1. The van der Waals surface area contributed by atoms with Crippen LogP contribution in [-0.2, 0) is 16.5 Å². The van der Waals surface area contributed by atoms with Crippen molar-refractivity contribution in [2.45, 2.75) is 18.7 Å². The third-order valence-corrected chi connectivity index (χ3v) is 3.50. The van der Waals surface area contributed by atoms with E-state index in [0.29, 0.717) is 6.42 Å². The third-order valence-electron chi connectivity index (χ3n) is 2.85. The normalized spacial score (nSPS) is 10.2. The Morgan fingerprint density at radius 3 is 2.53 bits per heavy atom. The second-order valence-electron chi connectivity index (χ2n) is 4.54. The van der Waals surface area contributed by atoms with Gasteiger partial charge in [0.05, 0.1) is 6.42 Å². The Morgan fingerprint density at radius 1 is 1.11 bits per heavy atom. The molecule has 0 bridgehead atoms. The topological polar surface area (TPSA) is 29.1 Å². The van der Waals surface area contributed by atoms with Crippen LogP contribution in [0.25, 0.3) is 0 Å². The van der Waals surface area contributed by atoms with Crippen molar-refractivity contribution < 1.29 is 4.79 Å². The van der Waals surface area contributed by atoms with Crippen molar-refractivity contribution in [2.75, 3.05) is 5.32 Å². The van der Waals surface area contributed by atoms with Gasteiger partial charge in [0.1, 0.15) is 0 Å². The van der Waals surface area contributed by atoms with Crippen LogP contribution in [0.4, 0.5) is 5.69 Å². The van der Waals surface area contributed by atoms with Gasteiger partial charge in [-0.05, 0) is 30.2 Å². The number of aryl methyl sites for hydroxylation is 1. The van der Waals surface area contributed by atoms with Crippen LogP contribution >= 0.6 is 15.9 Å². The van der Waals surface area contributed by atoms with E-state index in [4.69, 9.17) is 0 Å². The monoisotopic (exact) mass is 317 g/mol. The Balaban J connectivity index is 1.99. The molecule has 0 spiro atoms. The first-order chi connectivity index (χ1) is 9.17. The zero-order chi connectivity index (χ0) is 13.7. The van der Waals surface area contributed by atoms with Crippen LogP contribution in [0.15, 0.2) is 48.5 Å². The molecule has 1 N–H and O–H groups in total. The number of halogens is 1. The molecule has 2 nitrogen and oxygen atoms in total. The van der Waals surface area contributed by atoms with Gasteiger partial charge in [-0.2, -0.15) is 0 Å². The molecule has 1 amide bonds. The maximum absolute atomic E-state index is 11.9. The van der Waals surface area contributed by atoms with Crippen LogP contribution in [0.2, 0.25) is 0 Å². The first-order valence-electron chi connectivity index (χ1n) is 6.17. The number of hydrogen-bond acceptors (Lipinski definition) is 1. The van der Waals surface area contributed by atoms with Crippen LogP contribution in [0.1, 0.15) is 16.7 Å². The molecule has 19 heavy (non-hydrogen) atoms. The van der Waals surface area contributed by atoms with E-state index in [2.05, 4.69) is 21.2 Å². The van der Waals surface area contributed by atoms with Crippen LogP contribution in [0.5, 0.6) is 0 Å². The Kier molecular flexibility index (Phi) is 4.74. The minimum atomic E-state index is 0.00979. The fourth-order valence-electron chi connectivity index (χ4n) is 1.83. The van der Waals surface area contributed by atoms with Gasteiger partial charge >= 0.3 is 0 Å². The number of alkyl halides is 1. The molecule has 2 aromatic carbocycles. The first-order valence-corrected chi connectivity index (χ1v) is 7.30. The van der Waals surface area contributed by atoms with Gasteiger partial charge < -0.3 is 5.32 Å². The zero-order valence-electron chi connectivity index (χ0n) is 10.8. The number of anilines is 1. The van der Waals surface area contributed by atoms with Crippen molar-refractivity contribution in [1.82, 2.24) is 0 Å². The Morgan fingerprint density at radius 2 is 1.84 bits per heavy atom. The van der Waals surface area contributed by atoms with Gasteiger partial charge in [0.15, 0.2) is 0 Å². The molecule has 0 atom stereocenters. The molecule has 0 unspecified atom stereocenters. The zero-order valence-corrected chi connectivity index (χ0v) is 12.4. The summed E-state index contributed by atoms with van der Waals surface area (Å²) in [5.41, 5.74) is 4.22. The highest BCUT2D eigenvalue weighted by Crippen LogP contribution is 2.13. The predicted molar refractivity (Wildman–Crippen MR) is 82.6 cm³/mol. The number of benzene rings is 2.